The standard InChI is InChI=1S/C33H28N2O10/c1-44-19-6-8-20(9-7-19)45-32(42)35-18-4-2-15(3-5-18)21-10-11-23(36)26-22(21)13-16-12-17-14-24(37)27(31(34)41)30(40)33(17,43)29(39)25(16)28(26)38/h2-11,16-17,36,38,40,43H,12-14H2,1H3,(H2,34,41)(H,35,42). The van der Waals surface area contributed by atoms with Crippen LogP contribution in [-0.2, 0) is 20.8 Å². The molecule has 3 aromatic carbocycles. The second kappa shape index (κ2) is 10.8. The zero-order chi connectivity index (χ0) is 32.2. The predicted molar refractivity (Wildman–Crippen MR) is 159 cm³/mol. The topological polar surface area (TPSA) is 206 Å². The van der Waals surface area contributed by atoms with Crippen molar-refractivity contribution in [2.45, 2.75) is 24.9 Å². The molecule has 3 unspecified atom stereocenters. The first-order chi connectivity index (χ1) is 21.4. The average Bonchev–Trinajstić information content (AvgIpc) is 3.00. The summed E-state index contributed by atoms with van der Waals surface area (Å²) < 4.78 is 10.4. The molecular formula is C33H28N2O10. The van der Waals surface area contributed by atoms with E-state index in [0.717, 1.165) is 0 Å². The molecule has 6 rings (SSSR count). The summed E-state index contributed by atoms with van der Waals surface area (Å²) in [5, 5.41) is 46.9. The van der Waals surface area contributed by atoms with Gasteiger partial charge in [-0.3, -0.25) is 19.7 Å². The summed E-state index contributed by atoms with van der Waals surface area (Å²) in [5.74, 6) is -5.90. The molecule has 3 aliphatic carbocycles. The molecule has 12 heteroatoms. The fraction of sp³-hybridized carbons (Fsp3) is 0.212. The van der Waals surface area contributed by atoms with Crippen molar-refractivity contribution in [1.82, 2.24) is 0 Å². The molecule has 1 fully saturated rings. The van der Waals surface area contributed by atoms with Crippen LogP contribution in [-0.4, -0.2) is 56.7 Å². The number of rotatable bonds is 5. The number of nitrogens with one attached hydrogen (secondary N) is 1. The van der Waals surface area contributed by atoms with Crippen molar-refractivity contribution in [2.24, 2.45) is 17.6 Å². The highest BCUT2D eigenvalue weighted by molar-refractivity contribution is 6.22. The number of carbonyl (C=O) groups is 4. The Morgan fingerprint density at radius 2 is 1.60 bits per heavy atom. The second-order valence-corrected chi connectivity index (χ2v) is 11.2. The number of aliphatic hydroxyl groups excluding tert-OH is 2. The fourth-order valence-electron chi connectivity index (χ4n) is 6.52. The van der Waals surface area contributed by atoms with Crippen LogP contribution in [0.25, 0.3) is 16.9 Å². The van der Waals surface area contributed by atoms with Gasteiger partial charge in [-0.2, -0.15) is 0 Å². The van der Waals surface area contributed by atoms with Gasteiger partial charge in [0, 0.05) is 23.6 Å². The molecule has 230 valence electrons. The second-order valence-electron chi connectivity index (χ2n) is 11.2. The number of benzene rings is 3. The summed E-state index contributed by atoms with van der Waals surface area (Å²) in [7, 11) is 1.53. The number of ketones is 2. The first-order valence-corrected chi connectivity index (χ1v) is 14.0. The Morgan fingerprint density at radius 1 is 0.933 bits per heavy atom. The van der Waals surface area contributed by atoms with Crippen molar-refractivity contribution < 1.29 is 49.1 Å². The first kappa shape index (κ1) is 29.5. The van der Waals surface area contributed by atoms with Gasteiger partial charge in [0.05, 0.1) is 12.7 Å². The van der Waals surface area contributed by atoms with E-state index in [0.29, 0.717) is 33.9 Å². The molecular weight excluding hydrogens is 584 g/mol. The lowest BCUT2D eigenvalue weighted by atomic mass is 9.59. The van der Waals surface area contributed by atoms with Crippen molar-refractivity contribution in [2.75, 3.05) is 12.4 Å². The number of primary amides is 1. The van der Waals surface area contributed by atoms with Crippen LogP contribution in [0.2, 0.25) is 0 Å². The summed E-state index contributed by atoms with van der Waals surface area (Å²) in [4.78, 5) is 50.5. The van der Waals surface area contributed by atoms with Crippen molar-refractivity contribution >= 4 is 35.0 Å². The predicted octanol–water partition coefficient (Wildman–Crippen LogP) is 3.71. The maximum atomic E-state index is 13.7. The molecule has 0 radical (unpaired) electrons. The number of carbonyl (C=O) groups excluding carboxylic acids is 4. The van der Waals surface area contributed by atoms with Gasteiger partial charge >= 0.3 is 6.09 Å². The first-order valence-electron chi connectivity index (χ1n) is 14.0. The Hall–Kier alpha value is -5.62. The van der Waals surface area contributed by atoms with Gasteiger partial charge in [-0.05, 0) is 77.9 Å². The highest BCUT2D eigenvalue weighted by Gasteiger charge is 2.60. The molecule has 1 saturated carbocycles. The minimum atomic E-state index is -2.62. The van der Waals surface area contributed by atoms with E-state index in [1.54, 1.807) is 54.6 Å². The molecule has 0 saturated heterocycles. The third kappa shape index (κ3) is 4.75. The normalized spacial score (nSPS) is 22.3. The van der Waals surface area contributed by atoms with Crippen LogP contribution < -0.4 is 20.5 Å². The molecule has 0 aliphatic heterocycles. The lowest BCUT2D eigenvalue weighted by molar-refractivity contribution is -0.147. The van der Waals surface area contributed by atoms with E-state index in [9.17, 15) is 39.6 Å². The number of methoxy groups -OCH3 is 1. The molecule has 7 N–H and O–H groups in total. The van der Waals surface area contributed by atoms with Crippen LogP contribution in [0.5, 0.6) is 17.2 Å². The molecule has 0 heterocycles. The Balaban J connectivity index is 1.30. The third-order valence-corrected chi connectivity index (χ3v) is 8.66. The van der Waals surface area contributed by atoms with Crippen molar-refractivity contribution in [3.05, 3.63) is 88.7 Å². The Morgan fingerprint density at radius 3 is 2.24 bits per heavy atom. The number of Topliss-reactive ketones (excluding diaryl/α,β-unsaturated/α-hetero) is 2. The average molecular weight is 613 g/mol. The molecule has 3 aliphatic rings. The van der Waals surface area contributed by atoms with Gasteiger partial charge < -0.3 is 35.6 Å². The van der Waals surface area contributed by atoms with Crippen molar-refractivity contribution in [3.8, 4) is 28.4 Å². The number of hydrogen-bond donors (Lipinski definition) is 6. The van der Waals surface area contributed by atoms with E-state index in [2.05, 4.69) is 5.32 Å². The maximum Gasteiger partial charge on any atom is 0.417 e. The van der Waals surface area contributed by atoms with E-state index in [1.807, 2.05) is 0 Å². The fourth-order valence-corrected chi connectivity index (χ4v) is 6.52. The number of ether oxygens (including phenoxy) is 2. The van der Waals surface area contributed by atoms with E-state index in [-0.39, 0.29) is 29.7 Å². The number of aliphatic hydroxyl groups is 3. The zero-order valence-electron chi connectivity index (χ0n) is 23.9. The molecule has 0 bridgehead atoms. The van der Waals surface area contributed by atoms with Gasteiger partial charge in [0.1, 0.15) is 34.3 Å². The summed E-state index contributed by atoms with van der Waals surface area (Å²) in [6.45, 7) is 0. The van der Waals surface area contributed by atoms with Crippen LogP contribution in [0, 0.1) is 11.8 Å². The third-order valence-electron chi connectivity index (χ3n) is 8.66. The van der Waals surface area contributed by atoms with E-state index in [1.165, 1.54) is 13.2 Å². The number of phenolic OH excluding ortho intramolecular Hbond substituents is 1. The molecule has 0 spiro atoms. The maximum absolute atomic E-state index is 13.7. The van der Waals surface area contributed by atoms with Crippen LogP contribution in [0.3, 0.4) is 0 Å². The van der Waals surface area contributed by atoms with Crippen molar-refractivity contribution in [3.63, 3.8) is 0 Å². The van der Waals surface area contributed by atoms with Gasteiger partial charge in [-0.1, -0.05) is 18.2 Å². The van der Waals surface area contributed by atoms with Gasteiger partial charge in [-0.25, -0.2) is 4.79 Å². The largest absolute Gasteiger partial charge is 0.508 e. The Bertz CT molecular complexity index is 1840. The van der Waals surface area contributed by atoms with Gasteiger partial charge in [0.25, 0.3) is 5.91 Å². The summed E-state index contributed by atoms with van der Waals surface area (Å²) >= 11 is 0. The number of nitrogens with two attached hydrogens (primary N) is 1. The molecule has 2 amide bonds. The van der Waals surface area contributed by atoms with Crippen LogP contribution >= 0.6 is 0 Å². The molecule has 0 aromatic heterocycles. The van der Waals surface area contributed by atoms with Gasteiger partial charge in [0.2, 0.25) is 5.78 Å². The Kier molecular flexibility index (Phi) is 7.09. The lowest BCUT2D eigenvalue weighted by Gasteiger charge is -2.46. The Labute approximate surface area is 256 Å². The summed E-state index contributed by atoms with van der Waals surface area (Å²) in [5.41, 5.74) is 3.82. The minimum Gasteiger partial charge on any atom is -0.508 e. The number of hydrogen-bond acceptors (Lipinski definition) is 10. The zero-order valence-corrected chi connectivity index (χ0v) is 23.9. The number of fused-ring (bicyclic) bond motifs is 3. The summed E-state index contributed by atoms with van der Waals surface area (Å²) in [6, 6.07) is 16.3. The monoisotopic (exact) mass is 612 g/mol. The summed E-state index contributed by atoms with van der Waals surface area (Å²) in [6.07, 6.45) is -0.919. The SMILES string of the molecule is COc1ccc(OC(=O)Nc2ccc(-c3ccc(O)c4c3CC3CC5CC(=O)C(C(N)=O)=C(O)C5(O)C(=O)C3=C4O)cc2)cc1. The van der Waals surface area contributed by atoms with Crippen LogP contribution in [0.15, 0.2) is 77.6 Å². The number of anilines is 1. The molecule has 12 nitrogen and oxygen atoms in total. The van der Waals surface area contributed by atoms with Crippen LogP contribution in [0.1, 0.15) is 24.0 Å². The molecule has 3 atom stereocenters. The van der Waals surface area contributed by atoms with E-state index >= 15 is 0 Å². The molecule has 3 aromatic rings. The van der Waals surface area contributed by atoms with E-state index < -0.39 is 64.5 Å². The van der Waals surface area contributed by atoms with Gasteiger partial charge in [-0.15, -0.1) is 0 Å². The van der Waals surface area contributed by atoms with E-state index in [4.69, 9.17) is 15.2 Å². The number of phenols is 1. The highest BCUT2D eigenvalue weighted by Crippen LogP contribution is 2.53. The van der Waals surface area contributed by atoms with Gasteiger partial charge in [0.15, 0.2) is 11.4 Å². The van der Waals surface area contributed by atoms with Crippen molar-refractivity contribution in [1.29, 1.82) is 0 Å². The smallest absolute Gasteiger partial charge is 0.417 e. The lowest BCUT2D eigenvalue weighted by Crippen LogP contribution is -2.58. The molecule has 45 heavy (non-hydrogen) atoms. The minimum absolute atomic E-state index is 0.00935. The quantitative estimate of drug-likeness (QED) is 0.230. The number of amides is 2. The number of aromatic hydroxyl groups is 1. The highest BCUT2D eigenvalue weighted by atomic mass is 16.6. The van der Waals surface area contributed by atoms with Crippen LogP contribution in [0.4, 0.5) is 10.5 Å².